The van der Waals surface area contributed by atoms with Crippen LogP contribution in [-0.2, 0) is 30.3 Å². The SMILES string of the molecule is COC(=O)N[C@H](C(=O)N1CCC[C@H]1c1ncc(-c2ccc(-c3ccc(-c4cnc([C@@H]5CCCN5C(=O)[C@@H](NC(=O)OC)C(Cc5ccccc5)C(=O)O)[nH]4)cc3)cc2)[nH]1)C(C)C. The van der Waals surface area contributed by atoms with E-state index in [0.29, 0.717) is 37.6 Å². The zero-order valence-electron chi connectivity index (χ0n) is 35.2. The van der Waals surface area contributed by atoms with Crippen molar-refractivity contribution >= 4 is 30.0 Å². The number of aromatic nitrogens is 4. The second-order valence-corrected chi connectivity index (χ2v) is 16.0. The van der Waals surface area contributed by atoms with Crippen molar-refractivity contribution in [1.29, 1.82) is 0 Å². The number of H-pyrrole nitrogens is 2. The van der Waals surface area contributed by atoms with E-state index in [2.05, 4.69) is 30.6 Å². The van der Waals surface area contributed by atoms with Gasteiger partial charge in [-0.25, -0.2) is 19.6 Å². The van der Waals surface area contributed by atoms with Crippen LogP contribution in [0.4, 0.5) is 9.59 Å². The quantitative estimate of drug-likeness (QED) is 0.0818. The van der Waals surface area contributed by atoms with Crippen molar-refractivity contribution in [2.24, 2.45) is 11.8 Å². The zero-order chi connectivity index (χ0) is 43.9. The van der Waals surface area contributed by atoms with Gasteiger partial charge in [-0.1, -0.05) is 92.7 Å². The number of ether oxygens (including phenoxy) is 2. The lowest BCUT2D eigenvalue weighted by Gasteiger charge is -2.31. The maximum Gasteiger partial charge on any atom is 0.407 e. The minimum atomic E-state index is -1.37. The van der Waals surface area contributed by atoms with Crippen molar-refractivity contribution in [3.8, 4) is 33.6 Å². The number of hydrogen-bond donors (Lipinski definition) is 5. The summed E-state index contributed by atoms with van der Waals surface area (Å²) in [5.74, 6) is -1.97. The number of likely N-dealkylation sites (tertiary alicyclic amines) is 2. The second kappa shape index (κ2) is 19.2. The molecule has 7 rings (SSSR count). The van der Waals surface area contributed by atoms with Crippen LogP contribution < -0.4 is 10.6 Å². The normalized spacial score (nSPS) is 17.6. The second-order valence-electron chi connectivity index (χ2n) is 16.0. The fourth-order valence-corrected chi connectivity index (χ4v) is 8.41. The van der Waals surface area contributed by atoms with Crippen LogP contribution in [0.25, 0.3) is 33.6 Å². The highest BCUT2D eigenvalue weighted by molar-refractivity contribution is 5.91. The lowest BCUT2D eigenvalue weighted by Crippen LogP contribution is -2.54. The van der Waals surface area contributed by atoms with E-state index in [1.807, 2.05) is 68.4 Å². The summed E-state index contributed by atoms with van der Waals surface area (Å²) in [5, 5.41) is 15.4. The fourth-order valence-electron chi connectivity index (χ4n) is 8.41. The fraction of sp³-hybridized carbons (Fsp3) is 0.370. The maximum absolute atomic E-state index is 14.1. The standard InChI is InChI=1S/C46H52N8O8/c1-27(2)38(51-45(59)61-3)42(55)53-22-8-12-36(53)40-47-25-34(49-40)31-18-14-29(15-19-31)30-16-20-32(21-17-30)35-26-48-41(50-35)37-13-9-23-54(37)43(56)39(52-46(60)62-4)33(44(57)58)24-28-10-6-5-7-11-28/h5-7,10-11,14-21,25-27,33,36-39H,8-9,12-13,22-24H2,1-4H3,(H,47,49)(H,48,50)(H,51,59)(H,52,60)(H,57,58)/t33?,36-,37-,38-,39-/m0/s1. The zero-order valence-corrected chi connectivity index (χ0v) is 35.2. The van der Waals surface area contributed by atoms with E-state index in [1.165, 1.54) is 14.2 Å². The van der Waals surface area contributed by atoms with E-state index in [9.17, 15) is 29.1 Å². The number of carboxylic acid groups (broad SMARTS) is 1. The van der Waals surface area contributed by atoms with Crippen LogP contribution >= 0.6 is 0 Å². The molecule has 16 nitrogen and oxygen atoms in total. The van der Waals surface area contributed by atoms with Gasteiger partial charge in [-0.3, -0.25) is 14.4 Å². The van der Waals surface area contributed by atoms with Crippen LogP contribution in [0.2, 0.25) is 0 Å². The Morgan fingerprint density at radius 1 is 0.677 bits per heavy atom. The van der Waals surface area contributed by atoms with Crippen molar-refractivity contribution < 1.29 is 38.6 Å². The number of nitrogens with one attached hydrogen (secondary N) is 4. The number of hydrogen-bond acceptors (Lipinski definition) is 9. The molecule has 62 heavy (non-hydrogen) atoms. The number of aliphatic carboxylic acids is 1. The largest absolute Gasteiger partial charge is 0.481 e. The monoisotopic (exact) mass is 844 g/mol. The Morgan fingerprint density at radius 3 is 1.55 bits per heavy atom. The first-order valence-electron chi connectivity index (χ1n) is 20.8. The molecule has 2 aliphatic heterocycles. The maximum atomic E-state index is 14.1. The minimum absolute atomic E-state index is 0.0365. The molecule has 16 heteroatoms. The highest BCUT2D eigenvalue weighted by atomic mass is 16.5. The summed E-state index contributed by atoms with van der Waals surface area (Å²) < 4.78 is 9.54. The van der Waals surface area contributed by atoms with Crippen LogP contribution in [0.15, 0.2) is 91.3 Å². The van der Waals surface area contributed by atoms with E-state index < -0.39 is 48.1 Å². The molecule has 2 aliphatic rings. The first-order valence-corrected chi connectivity index (χ1v) is 20.8. The van der Waals surface area contributed by atoms with Gasteiger partial charge in [-0.15, -0.1) is 0 Å². The topological polar surface area (TPSA) is 212 Å². The molecule has 2 aromatic heterocycles. The molecule has 0 spiro atoms. The van der Waals surface area contributed by atoms with Crippen LogP contribution in [0, 0.1) is 11.8 Å². The number of carbonyl (C=O) groups is 5. The number of alkyl carbamates (subject to hydrolysis) is 2. The van der Waals surface area contributed by atoms with Crippen molar-refractivity contribution in [3.05, 3.63) is 108 Å². The molecule has 3 aromatic carbocycles. The van der Waals surface area contributed by atoms with Gasteiger partial charge in [0.1, 0.15) is 23.7 Å². The Bertz CT molecular complexity index is 2360. The summed E-state index contributed by atoms with van der Waals surface area (Å²) in [6, 6.07) is 22.4. The molecule has 0 radical (unpaired) electrons. The van der Waals surface area contributed by atoms with Gasteiger partial charge in [-0.2, -0.15) is 0 Å². The third-order valence-electron chi connectivity index (χ3n) is 11.8. The van der Waals surface area contributed by atoms with Crippen molar-refractivity contribution in [2.45, 2.75) is 70.1 Å². The molecular formula is C46H52N8O8. The Hall–Kier alpha value is -6.97. The predicted molar refractivity (Wildman–Crippen MR) is 229 cm³/mol. The molecule has 324 valence electrons. The average molecular weight is 845 g/mol. The van der Waals surface area contributed by atoms with Crippen molar-refractivity contribution in [2.75, 3.05) is 27.3 Å². The smallest absolute Gasteiger partial charge is 0.407 e. The Labute approximate surface area is 359 Å². The lowest BCUT2D eigenvalue weighted by atomic mass is 9.91. The number of nitrogens with zero attached hydrogens (tertiary/aromatic N) is 4. The van der Waals surface area contributed by atoms with E-state index in [-0.39, 0.29) is 24.3 Å². The van der Waals surface area contributed by atoms with E-state index in [4.69, 9.17) is 9.47 Å². The Kier molecular flexibility index (Phi) is 13.3. The first-order chi connectivity index (χ1) is 29.9. The summed E-state index contributed by atoms with van der Waals surface area (Å²) >= 11 is 0. The number of carboxylic acids is 1. The van der Waals surface area contributed by atoms with Crippen molar-refractivity contribution in [1.82, 2.24) is 40.4 Å². The van der Waals surface area contributed by atoms with Crippen LogP contribution in [0.5, 0.6) is 0 Å². The molecule has 0 bridgehead atoms. The van der Waals surface area contributed by atoms with Gasteiger partial charge in [0.15, 0.2) is 0 Å². The number of aromatic amines is 2. The summed E-state index contributed by atoms with van der Waals surface area (Å²) in [6.45, 7) is 4.73. The Morgan fingerprint density at radius 2 is 1.11 bits per heavy atom. The molecule has 0 aliphatic carbocycles. The minimum Gasteiger partial charge on any atom is -0.481 e. The molecule has 2 fully saturated rings. The molecule has 5 atom stereocenters. The number of amides is 4. The van der Waals surface area contributed by atoms with Crippen LogP contribution in [-0.4, -0.2) is 104 Å². The molecular weight excluding hydrogens is 793 g/mol. The lowest BCUT2D eigenvalue weighted by molar-refractivity contribution is -0.148. The van der Waals surface area contributed by atoms with Crippen LogP contribution in [0.3, 0.4) is 0 Å². The average Bonchev–Trinajstić information content (AvgIpc) is 4.14. The molecule has 0 saturated carbocycles. The van der Waals surface area contributed by atoms with Gasteiger partial charge in [-0.05, 0) is 65.8 Å². The molecule has 5 N–H and O–H groups in total. The third-order valence-corrected chi connectivity index (χ3v) is 11.8. The molecule has 1 unspecified atom stereocenters. The van der Waals surface area contributed by atoms with Gasteiger partial charge in [0.2, 0.25) is 11.8 Å². The van der Waals surface area contributed by atoms with Gasteiger partial charge in [0, 0.05) is 13.1 Å². The van der Waals surface area contributed by atoms with E-state index in [0.717, 1.165) is 52.0 Å². The molecule has 4 amide bonds. The van der Waals surface area contributed by atoms with Crippen molar-refractivity contribution in [3.63, 3.8) is 0 Å². The number of imidazole rings is 2. The number of benzene rings is 3. The van der Waals surface area contributed by atoms with Crippen LogP contribution in [0.1, 0.15) is 68.8 Å². The third kappa shape index (κ3) is 9.48. The molecule has 4 heterocycles. The van der Waals surface area contributed by atoms with E-state index in [1.54, 1.807) is 46.5 Å². The summed E-state index contributed by atoms with van der Waals surface area (Å²) in [6.07, 6.45) is 4.89. The highest BCUT2D eigenvalue weighted by Gasteiger charge is 2.42. The number of rotatable bonds is 14. The number of carbonyl (C=O) groups excluding carboxylic acids is 4. The predicted octanol–water partition coefficient (Wildman–Crippen LogP) is 6.51. The van der Waals surface area contributed by atoms with Gasteiger partial charge < -0.3 is 45.0 Å². The molecule has 2 saturated heterocycles. The van der Waals surface area contributed by atoms with Gasteiger partial charge in [0.25, 0.3) is 0 Å². The molecule has 5 aromatic rings. The van der Waals surface area contributed by atoms with E-state index >= 15 is 0 Å². The number of methoxy groups -OCH3 is 2. The summed E-state index contributed by atoms with van der Waals surface area (Å²) in [4.78, 5) is 84.2. The summed E-state index contributed by atoms with van der Waals surface area (Å²) in [5.41, 5.74) is 6.17. The Balaban J connectivity index is 1.01. The van der Waals surface area contributed by atoms with Gasteiger partial charge in [0.05, 0.1) is 56.0 Å². The highest BCUT2D eigenvalue weighted by Crippen LogP contribution is 2.35. The first kappa shape index (κ1) is 43.1. The van der Waals surface area contributed by atoms with Gasteiger partial charge >= 0.3 is 18.2 Å². The summed E-state index contributed by atoms with van der Waals surface area (Å²) in [7, 11) is 2.45.